The van der Waals surface area contributed by atoms with E-state index in [2.05, 4.69) is 42.3 Å². The van der Waals surface area contributed by atoms with E-state index in [0.717, 1.165) is 23.6 Å². The van der Waals surface area contributed by atoms with Crippen LogP contribution in [0.2, 0.25) is 5.02 Å². The van der Waals surface area contributed by atoms with Gasteiger partial charge in [-0.05, 0) is 55.1 Å². The number of nitrogens with zero attached hydrogens (tertiary/aromatic N) is 1. The summed E-state index contributed by atoms with van der Waals surface area (Å²) in [6.45, 7) is 7.25. The number of hydrogen-bond donors (Lipinski definition) is 1. The number of rotatable bonds is 5. The Morgan fingerprint density at radius 1 is 1.15 bits per heavy atom. The Balaban J connectivity index is 2.38. The minimum Gasteiger partial charge on any atom is -0.306 e. The molecule has 2 aromatic rings. The number of pyridine rings is 1. The van der Waals surface area contributed by atoms with Gasteiger partial charge in [-0.25, -0.2) is 0 Å². The van der Waals surface area contributed by atoms with Crippen LogP contribution in [-0.4, -0.2) is 11.5 Å². The lowest BCUT2D eigenvalue weighted by molar-refractivity contribution is 0.596. The zero-order valence-corrected chi connectivity index (χ0v) is 13.0. The van der Waals surface area contributed by atoms with Crippen molar-refractivity contribution < 1.29 is 0 Å². The first kappa shape index (κ1) is 15.0. The van der Waals surface area contributed by atoms with Crippen LogP contribution in [0.15, 0.2) is 36.7 Å². The highest BCUT2D eigenvalue weighted by atomic mass is 35.5. The molecule has 3 heteroatoms. The van der Waals surface area contributed by atoms with E-state index in [1.807, 2.05) is 25.4 Å². The molecule has 1 atom stereocenters. The van der Waals surface area contributed by atoms with Crippen LogP contribution in [0.25, 0.3) is 0 Å². The lowest BCUT2D eigenvalue weighted by Gasteiger charge is -2.20. The molecule has 0 bridgehead atoms. The quantitative estimate of drug-likeness (QED) is 0.880. The summed E-state index contributed by atoms with van der Waals surface area (Å²) in [5, 5.41) is 4.40. The van der Waals surface area contributed by atoms with Gasteiger partial charge in [-0.15, -0.1) is 0 Å². The van der Waals surface area contributed by atoms with Crippen molar-refractivity contribution in [3.05, 3.63) is 63.9 Å². The third kappa shape index (κ3) is 3.59. The van der Waals surface area contributed by atoms with Gasteiger partial charge >= 0.3 is 0 Å². The van der Waals surface area contributed by atoms with Gasteiger partial charge in [0.05, 0.1) is 6.04 Å². The Labute approximate surface area is 126 Å². The van der Waals surface area contributed by atoms with Crippen molar-refractivity contribution in [3.8, 4) is 0 Å². The molecule has 2 rings (SSSR count). The van der Waals surface area contributed by atoms with Crippen molar-refractivity contribution in [1.82, 2.24) is 10.3 Å². The maximum atomic E-state index is 6.13. The van der Waals surface area contributed by atoms with E-state index in [-0.39, 0.29) is 6.04 Å². The molecule has 0 saturated carbocycles. The third-order valence-corrected chi connectivity index (χ3v) is 3.77. The van der Waals surface area contributed by atoms with Crippen molar-refractivity contribution in [3.63, 3.8) is 0 Å². The third-order valence-electron chi connectivity index (χ3n) is 3.34. The van der Waals surface area contributed by atoms with Crippen molar-refractivity contribution in [2.75, 3.05) is 6.54 Å². The van der Waals surface area contributed by atoms with Crippen LogP contribution in [0, 0.1) is 13.8 Å². The fourth-order valence-electron chi connectivity index (χ4n) is 2.30. The second-order valence-electron chi connectivity index (χ2n) is 5.19. The lowest BCUT2D eigenvalue weighted by Crippen LogP contribution is -2.23. The Bertz CT molecular complexity index is 581. The SMILES string of the molecule is CCCNC(c1cncc(C)c1)c1ccc(Cl)c(C)c1. The number of aromatic nitrogens is 1. The van der Waals surface area contributed by atoms with E-state index < -0.39 is 0 Å². The highest BCUT2D eigenvalue weighted by Gasteiger charge is 2.14. The first-order valence-electron chi connectivity index (χ1n) is 7.02. The van der Waals surface area contributed by atoms with Crippen LogP contribution in [-0.2, 0) is 0 Å². The molecule has 1 heterocycles. The first-order chi connectivity index (χ1) is 9.61. The zero-order valence-electron chi connectivity index (χ0n) is 12.3. The van der Waals surface area contributed by atoms with Crippen LogP contribution in [0.1, 0.15) is 41.6 Å². The molecule has 0 aliphatic rings. The topological polar surface area (TPSA) is 24.9 Å². The molecule has 0 saturated heterocycles. The summed E-state index contributed by atoms with van der Waals surface area (Å²) in [5.41, 5.74) is 4.71. The molecule has 0 aliphatic heterocycles. The number of hydrogen-bond acceptors (Lipinski definition) is 2. The molecule has 0 radical (unpaired) electrons. The monoisotopic (exact) mass is 288 g/mol. The molecule has 1 aromatic carbocycles. The molecular formula is C17H21ClN2. The summed E-state index contributed by atoms with van der Waals surface area (Å²) in [6, 6.07) is 8.56. The van der Waals surface area contributed by atoms with Crippen LogP contribution < -0.4 is 5.32 Å². The van der Waals surface area contributed by atoms with Crippen LogP contribution in [0.4, 0.5) is 0 Å². The summed E-state index contributed by atoms with van der Waals surface area (Å²) in [5.74, 6) is 0. The number of aryl methyl sites for hydroxylation is 2. The smallest absolute Gasteiger partial charge is 0.0592 e. The molecule has 0 amide bonds. The zero-order chi connectivity index (χ0) is 14.5. The van der Waals surface area contributed by atoms with Gasteiger partial charge < -0.3 is 5.32 Å². The van der Waals surface area contributed by atoms with E-state index in [1.165, 1.54) is 16.7 Å². The lowest BCUT2D eigenvalue weighted by atomic mass is 9.97. The van der Waals surface area contributed by atoms with Crippen molar-refractivity contribution in [2.24, 2.45) is 0 Å². The standard InChI is InChI=1S/C17H21ClN2/c1-4-7-20-17(15-8-12(2)10-19-11-15)14-5-6-16(18)13(3)9-14/h5-6,8-11,17,20H,4,7H2,1-3H3. The second-order valence-corrected chi connectivity index (χ2v) is 5.60. The normalized spacial score (nSPS) is 12.4. The first-order valence-corrected chi connectivity index (χ1v) is 7.40. The van der Waals surface area contributed by atoms with Gasteiger partial charge in [-0.1, -0.05) is 36.7 Å². The van der Waals surface area contributed by atoms with Gasteiger partial charge in [-0.2, -0.15) is 0 Å². The largest absolute Gasteiger partial charge is 0.306 e. The van der Waals surface area contributed by atoms with Crippen LogP contribution in [0.5, 0.6) is 0 Å². The Hall–Kier alpha value is -1.38. The van der Waals surface area contributed by atoms with E-state index in [4.69, 9.17) is 11.6 Å². The van der Waals surface area contributed by atoms with E-state index in [0.29, 0.717) is 0 Å². The predicted octanol–water partition coefficient (Wildman–Crippen LogP) is 4.44. The van der Waals surface area contributed by atoms with Crippen molar-refractivity contribution in [1.29, 1.82) is 0 Å². The summed E-state index contributed by atoms with van der Waals surface area (Å²) < 4.78 is 0. The average Bonchev–Trinajstić information content (AvgIpc) is 2.43. The van der Waals surface area contributed by atoms with Crippen LogP contribution >= 0.6 is 11.6 Å². The molecule has 2 nitrogen and oxygen atoms in total. The van der Waals surface area contributed by atoms with Crippen LogP contribution in [0.3, 0.4) is 0 Å². The van der Waals surface area contributed by atoms with Gasteiger partial charge in [0, 0.05) is 17.4 Å². The summed E-state index contributed by atoms with van der Waals surface area (Å²) in [4.78, 5) is 4.31. The van der Waals surface area contributed by atoms with Gasteiger partial charge in [0.25, 0.3) is 0 Å². The highest BCUT2D eigenvalue weighted by molar-refractivity contribution is 6.31. The van der Waals surface area contributed by atoms with E-state index >= 15 is 0 Å². The second kappa shape index (κ2) is 6.87. The summed E-state index contributed by atoms with van der Waals surface area (Å²) in [6.07, 6.45) is 4.92. The number of nitrogens with one attached hydrogen (secondary N) is 1. The maximum Gasteiger partial charge on any atom is 0.0592 e. The van der Waals surface area contributed by atoms with Gasteiger partial charge in [-0.3, -0.25) is 4.98 Å². The van der Waals surface area contributed by atoms with E-state index in [9.17, 15) is 0 Å². The Morgan fingerprint density at radius 3 is 2.60 bits per heavy atom. The number of halogens is 1. The molecule has 20 heavy (non-hydrogen) atoms. The van der Waals surface area contributed by atoms with Crippen molar-refractivity contribution in [2.45, 2.75) is 33.2 Å². The molecule has 1 unspecified atom stereocenters. The van der Waals surface area contributed by atoms with Gasteiger partial charge in [0.2, 0.25) is 0 Å². The fourth-order valence-corrected chi connectivity index (χ4v) is 2.42. The van der Waals surface area contributed by atoms with Gasteiger partial charge in [0.1, 0.15) is 0 Å². The summed E-state index contributed by atoms with van der Waals surface area (Å²) >= 11 is 6.13. The molecular weight excluding hydrogens is 268 g/mol. The average molecular weight is 289 g/mol. The molecule has 0 aliphatic carbocycles. The van der Waals surface area contributed by atoms with Crippen molar-refractivity contribution >= 4 is 11.6 Å². The Morgan fingerprint density at radius 2 is 1.95 bits per heavy atom. The molecule has 0 spiro atoms. The molecule has 1 N–H and O–H groups in total. The summed E-state index contributed by atoms with van der Waals surface area (Å²) in [7, 11) is 0. The van der Waals surface area contributed by atoms with E-state index in [1.54, 1.807) is 0 Å². The highest BCUT2D eigenvalue weighted by Crippen LogP contribution is 2.26. The molecule has 106 valence electrons. The Kier molecular flexibility index (Phi) is 5.16. The fraction of sp³-hybridized carbons (Fsp3) is 0.353. The van der Waals surface area contributed by atoms with Gasteiger partial charge in [0.15, 0.2) is 0 Å². The molecule has 1 aromatic heterocycles. The predicted molar refractivity (Wildman–Crippen MR) is 85.3 cm³/mol. The maximum absolute atomic E-state index is 6.13. The minimum absolute atomic E-state index is 0.165. The number of benzene rings is 1. The molecule has 0 fully saturated rings. The minimum atomic E-state index is 0.165.